The summed E-state index contributed by atoms with van der Waals surface area (Å²) in [5, 5.41) is 9.36. The van der Waals surface area contributed by atoms with Crippen LogP contribution in [-0.4, -0.2) is 18.3 Å². The first-order chi connectivity index (χ1) is 7.22. The molecule has 86 valence electrons. The molecule has 1 aromatic rings. The Balaban J connectivity index is 2.76. The molecular formula is C11H18BrNOS. The number of thiophene rings is 1. The molecule has 0 bridgehead atoms. The van der Waals surface area contributed by atoms with Crippen molar-refractivity contribution in [2.24, 2.45) is 11.7 Å². The lowest BCUT2D eigenvalue weighted by Gasteiger charge is -2.22. The van der Waals surface area contributed by atoms with Gasteiger partial charge < -0.3 is 10.8 Å². The van der Waals surface area contributed by atoms with E-state index in [9.17, 15) is 5.11 Å². The van der Waals surface area contributed by atoms with Gasteiger partial charge in [0.1, 0.15) is 0 Å². The van der Waals surface area contributed by atoms with Crippen molar-refractivity contribution in [3.8, 4) is 0 Å². The van der Waals surface area contributed by atoms with Crippen molar-refractivity contribution in [2.45, 2.75) is 25.7 Å². The van der Waals surface area contributed by atoms with E-state index in [0.717, 1.165) is 16.6 Å². The van der Waals surface area contributed by atoms with Crippen molar-refractivity contribution in [1.29, 1.82) is 0 Å². The van der Waals surface area contributed by atoms with Gasteiger partial charge in [-0.1, -0.05) is 13.3 Å². The normalized spacial score (nSPS) is 15.2. The molecule has 2 unspecified atom stereocenters. The minimum absolute atomic E-state index is 0.227. The van der Waals surface area contributed by atoms with Gasteiger partial charge in [0.25, 0.3) is 0 Å². The van der Waals surface area contributed by atoms with Gasteiger partial charge in [-0.05, 0) is 40.4 Å². The van der Waals surface area contributed by atoms with Gasteiger partial charge in [0, 0.05) is 23.9 Å². The summed E-state index contributed by atoms with van der Waals surface area (Å²) >= 11 is 5.17. The lowest BCUT2D eigenvalue weighted by Crippen LogP contribution is -2.23. The van der Waals surface area contributed by atoms with E-state index in [1.165, 1.54) is 4.88 Å². The zero-order valence-corrected chi connectivity index (χ0v) is 11.4. The van der Waals surface area contributed by atoms with Gasteiger partial charge in [-0.3, -0.25) is 0 Å². The molecule has 0 saturated heterocycles. The van der Waals surface area contributed by atoms with Crippen LogP contribution in [0.3, 0.4) is 0 Å². The first-order valence-corrected chi connectivity index (χ1v) is 6.90. The van der Waals surface area contributed by atoms with Gasteiger partial charge in [0.15, 0.2) is 0 Å². The van der Waals surface area contributed by atoms with Gasteiger partial charge in [-0.15, -0.1) is 11.3 Å². The van der Waals surface area contributed by atoms with Gasteiger partial charge in [0.05, 0.1) is 3.79 Å². The van der Waals surface area contributed by atoms with E-state index in [4.69, 9.17) is 5.73 Å². The Morgan fingerprint density at radius 2 is 2.27 bits per heavy atom. The lowest BCUT2D eigenvalue weighted by atomic mass is 9.88. The second-order valence-corrected chi connectivity index (χ2v) is 6.21. The molecule has 1 heterocycles. The number of hydrogen-bond acceptors (Lipinski definition) is 3. The van der Waals surface area contributed by atoms with E-state index in [2.05, 4.69) is 28.9 Å². The smallest absolute Gasteiger partial charge is 0.0701 e. The van der Waals surface area contributed by atoms with Crippen molar-refractivity contribution in [3.63, 3.8) is 0 Å². The molecular weight excluding hydrogens is 274 g/mol. The lowest BCUT2D eigenvalue weighted by molar-refractivity contribution is 0.196. The highest BCUT2D eigenvalue weighted by Gasteiger charge is 2.21. The Kier molecular flexibility index (Phi) is 5.82. The highest BCUT2D eigenvalue weighted by molar-refractivity contribution is 9.11. The zero-order valence-electron chi connectivity index (χ0n) is 8.95. The monoisotopic (exact) mass is 291 g/mol. The summed E-state index contributed by atoms with van der Waals surface area (Å²) in [6, 6.07) is 4.15. The Hall–Kier alpha value is 0.1000. The van der Waals surface area contributed by atoms with E-state index in [1.807, 2.05) is 6.07 Å². The maximum atomic E-state index is 9.36. The molecule has 0 aliphatic carbocycles. The van der Waals surface area contributed by atoms with E-state index in [1.54, 1.807) is 11.3 Å². The quantitative estimate of drug-likeness (QED) is 0.846. The molecule has 1 aromatic heterocycles. The van der Waals surface area contributed by atoms with Crippen LogP contribution in [-0.2, 0) is 0 Å². The predicted octanol–water partition coefficient (Wildman–Crippen LogP) is 2.96. The predicted molar refractivity (Wildman–Crippen MR) is 69.3 cm³/mol. The molecule has 2 atom stereocenters. The Labute approximate surface area is 104 Å². The molecule has 15 heavy (non-hydrogen) atoms. The van der Waals surface area contributed by atoms with Gasteiger partial charge in [0.2, 0.25) is 0 Å². The molecule has 0 amide bonds. The zero-order chi connectivity index (χ0) is 11.3. The fraction of sp³-hybridized carbons (Fsp3) is 0.636. The summed E-state index contributed by atoms with van der Waals surface area (Å²) in [4.78, 5) is 1.27. The van der Waals surface area contributed by atoms with Crippen LogP contribution in [0.4, 0.5) is 0 Å². The molecule has 2 nitrogen and oxygen atoms in total. The molecule has 0 aliphatic heterocycles. The summed E-state index contributed by atoms with van der Waals surface area (Å²) in [5.41, 5.74) is 5.80. The third kappa shape index (κ3) is 3.55. The second-order valence-electron chi connectivity index (χ2n) is 3.72. The summed E-state index contributed by atoms with van der Waals surface area (Å²) < 4.78 is 1.13. The van der Waals surface area contributed by atoms with Crippen LogP contribution in [0, 0.1) is 5.92 Å². The Bertz CT molecular complexity index is 290. The third-order valence-electron chi connectivity index (χ3n) is 2.68. The Morgan fingerprint density at radius 1 is 1.53 bits per heavy atom. The average molecular weight is 292 g/mol. The SMILES string of the molecule is CCCC(CO)C(CN)c1ccc(Br)s1. The number of aliphatic hydroxyl groups excluding tert-OH is 1. The van der Waals surface area contributed by atoms with Crippen LogP contribution in [0.2, 0.25) is 0 Å². The van der Waals surface area contributed by atoms with Crippen molar-refractivity contribution in [1.82, 2.24) is 0 Å². The summed E-state index contributed by atoms with van der Waals surface area (Å²) in [6.07, 6.45) is 2.13. The molecule has 0 aliphatic rings. The van der Waals surface area contributed by atoms with Crippen LogP contribution in [0.15, 0.2) is 15.9 Å². The molecule has 4 heteroatoms. The first-order valence-electron chi connectivity index (χ1n) is 5.29. The van der Waals surface area contributed by atoms with Crippen molar-refractivity contribution < 1.29 is 5.11 Å². The highest BCUT2D eigenvalue weighted by atomic mass is 79.9. The van der Waals surface area contributed by atoms with Gasteiger partial charge in [-0.25, -0.2) is 0 Å². The molecule has 0 spiro atoms. The standard InChI is InChI=1S/C11H18BrNOS/c1-2-3-8(7-14)9(6-13)10-4-5-11(12)15-10/h4-5,8-9,14H,2-3,6-7,13H2,1H3. The second kappa shape index (κ2) is 6.63. The van der Waals surface area contributed by atoms with E-state index < -0.39 is 0 Å². The summed E-state index contributed by atoms with van der Waals surface area (Å²) in [6.45, 7) is 2.98. The first kappa shape index (κ1) is 13.2. The van der Waals surface area contributed by atoms with Crippen LogP contribution in [0.5, 0.6) is 0 Å². The minimum Gasteiger partial charge on any atom is -0.396 e. The van der Waals surface area contributed by atoms with Gasteiger partial charge in [-0.2, -0.15) is 0 Å². The molecule has 0 radical (unpaired) electrons. The van der Waals surface area contributed by atoms with Crippen molar-refractivity contribution in [2.75, 3.05) is 13.2 Å². The van der Waals surface area contributed by atoms with Crippen LogP contribution < -0.4 is 5.73 Å². The van der Waals surface area contributed by atoms with E-state index >= 15 is 0 Å². The highest BCUT2D eigenvalue weighted by Crippen LogP contribution is 2.34. The van der Waals surface area contributed by atoms with Crippen molar-refractivity contribution >= 4 is 27.3 Å². The van der Waals surface area contributed by atoms with Crippen LogP contribution in [0.1, 0.15) is 30.6 Å². The minimum atomic E-state index is 0.227. The topological polar surface area (TPSA) is 46.2 Å². The molecule has 0 fully saturated rings. The number of halogens is 1. The van der Waals surface area contributed by atoms with E-state index in [0.29, 0.717) is 18.4 Å². The largest absolute Gasteiger partial charge is 0.396 e. The number of hydrogen-bond donors (Lipinski definition) is 2. The van der Waals surface area contributed by atoms with Crippen LogP contribution >= 0.6 is 27.3 Å². The maximum absolute atomic E-state index is 9.36. The van der Waals surface area contributed by atoms with Gasteiger partial charge >= 0.3 is 0 Å². The number of rotatable bonds is 6. The molecule has 1 rings (SSSR count). The summed E-state index contributed by atoms with van der Waals surface area (Å²) in [7, 11) is 0. The Morgan fingerprint density at radius 3 is 2.67 bits per heavy atom. The number of nitrogens with two attached hydrogens (primary N) is 1. The fourth-order valence-electron chi connectivity index (χ4n) is 1.86. The van der Waals surface area contributed by atoms with Crippen LogP contribution in [0.25, 0.3) is 0 Å². The molecule has 0 aromatic carbocycles. The number of aliphatic hydroxyl groups is 1. The molecule has 0 saturated carbocycles. The average Bonchev–Trinajstić information content (AvgIpc) is 2.64. The van der Waals surface area contributed by atoms with E-state index in [-0.39, 0.29) is 6.61 Å². The fourth-order valence-corrected chi connectivity index (χ4v) is 3.49. The molecule has 3 N–H and O–H groups in total. The van der Waals surface area contributed by atoms with Crippen molar-refractivity contribution in [3.05, 3.63) is 20.8 Å². The third-order valence-corrected chi connectivity index (χ3v) is 4.43. The maximum Gasteiger partial charge on any atom is 0.0701 e. The summed E-state index contributed by atoms with van der Waals surface area (Å²) in [5.74, 6) is 0.594.